The van der Waals surface area contributed by atoms with Crippen LogP contribution in [0.15, 0.2) is 65.7 Å². The summed E-state index contributed by atoms with van der Waals surface area (Å²) in [5, 5.41) is 8.73. The first kappa shape index (κ1) is 20.1. The highest BCUT2D eigenvalue weighted by Crippen LogP contribution is 2.32. The Morgan fingerprint density at radius 3 is 2.36 bits per heavy atom. The minimum Gasteiger partial charge on any atom is -0.291 e. The number of allylic oxidation sites excluding steroid dienone is 1. The third kappa shape index (κ3) is 4.11. The second-order valence-electron chi connectivity index (χ2n) is 6.29. The fourth-order valence-electron chi connectivity index (χ4n) is 2.86. The van der Waals surface area contributed by atoms with Gasteiger partial charge in [0.25, 0.3) is 0 Å². The quantitative estimate of drug-likeness (QED) is 0.579. The largest absolute Gasteiger partial charge is 0.416 e. The first-order valence-corrected chi connectivity index (χ1v) is 9.61. The van der Waals surface area contributed by atoms with Gasteiger partial charge in [-0.1, -0.05) is 30.9 Å². The molecular weight excluding hydrogens is 393 g/mol. The van der Waals surface area contributed by atoms with Crippen LogP contribution >= 0.6 is 0 Å². The molecule has 0 aromatic heterocycles. The molecule has 1 aliphatic heterocycles. The summed E-state index contributed by atoms with van der Waals surface area (Å²) in [4.78, 5) is -0.182. The van der Waals surface area contributed by atoms with Crippen LogP contribution in [0.4, 0.5) is 13.2 Å². The maximum atomic E-state index is 12.8. The van der Waals surface area contributed by atoms with Crippen LogP contribution in [0.5, 0.6) is 0 Å². The number of halogens is 3. The predicted molar refractivity (Wildman–Crippen MR) is 97.4 cm³/mol. The zero-order valence-electron chi connectivity index (χ0n) is 14.6. The zero-order valence-corrected chi connectivity index (χ0v) is 15.4. The normalized spacial score (nSPS) is 15.0. The Bertz CT molecular complexity index is 1030. The third-order valence-corrected chi connectivity index (χ3v) is 6.17. The van der Waals surface area contributed by atoms with E-state index in [0.717, 1.165) is 41.0 Å². The standard InChI is InChI=1S/C19H17F3N2O3S/c1-13(23-25)2-3-14-4-5-15-11-24(12-16(15)10-14)28(26,27)18-8-6-17(7-9-18)19(20,21)22/h2-10,23,25H,1,11-12H2/b3-2+. The van der Waals surface area contributed by atoms with Crippen molar-refractivity contribution in [2.24, 2.45) is 0 Å². The lowest BCUT2D eigenvalue weighted by Crippen LogP contribution is -2.25. The SMILES string of the molecule is C=C(/C=C/c1ccc2c(c1)CN(S(=O)(=O)c1ccc(C(F)(F)F)cc1)C2)NO. The summed E-state index contributed by atoms with van der Waals surface area (Å²) in [5.74, 6) is 0. The van der Waals surface area contributed by atoms with Crippen molar-refractivity contribution < 1.29 is 26.8 Å². The van der Waals surface area contributed by atoms with Gasteiger partial charge in [-0.25, -0.2) is 8.42 Å². The Hall–Kier alpha value is -2.62. The van der Waals surface area contributed by atoms with E-state index in [9.17, 15) is 21.6 Å². The van der Waals surface area contributed by atoms with Crippen molar-refractivity contribution in [2.75, 3.05) is 0 Å². The first-order valence-electron chi connectivity index (χ1n) is 8.17. The number of hydroxylamine groups is 1. The molecule has 1 heterocycles. The topological polar surface area (TPSA) is 69.6 Å². The minimum absolute atomic E-state index is 0.125. The molecule has 0 unspecified atom stereocenters. The minimum atomic E-state index is -4.52. The Kier molecular flexibility index (Phi) is 5.33. The third-order valence-electron chi connectivity index (χ3n) is 4.36. The number of fused-ring (bicyclic) bond motifs is 1. The van der Waals surface area contributed by atoms with E-state index in [0.29, 0.717) is 5.70 Å². The highest BCUT2D eigenvalue weighted by Gasteiger charge is 2.33. The summed E-state index contributed by atoms with van der Waals surface area (Å²) in [6.07, 6.45) is -1.25. The lowest BCUT2D eigenvalue weighted by molar-refractivity contribution is -0.137. The molecule has 0 bridgehead atoms. The van der Waals surface area contributed by atoms with Gasteiger partial charge in [-0.2, -0.15) is 17.5 Å². The summed E-state index contributed by atoms with van der Waals surface area (Å²) in [5.41, 5.74) is 3.73. The van der Waals surface area contributed by atoms with Crippen molar-refractivity contribution >= 4 is 16.1 Å². The molecule has 148 valence electrons. The van der Waals surface area contributed by atoms with Crippen LogP contribution < -0.4 is 5.48 Å². The summed E-state index contributed by atoms with van der Waals surface area (Å²) in [7, 11) is -3.92. The van der Waals surface area contributed by atoms with E-state index in [1.165, 1.54) is 4.31 Å². The number of nitrogens with zero attached hydrogens (tertiary/aromatic N) is 1. The molecule has 0 saturated carbocycles. The van der Waals surface area contributed by atoms with Gasteiger partial charge in [-0.05, 0) is 47.0 Å². The van der Waals surface area contributed by atoms with Crippen LogP contribution in [-0.4, -0.2) is 17.9 Å². The Morgan fingerprint density at radius 2 is 1.75 bits per heavy atom. The van der Waals surface area contributed by atoms with E-state index in [2.05, 4.69) is 6.58 Å². The van der Waals surface area contributed by atoms with Crippen molar-refractivity contribution in [3.05, 3.63) is 83.1 Å². The maximum Gasteiger partial charge on any atom is 0.416 e. The van der Waals surface area contributed by atoms with Gasteiger partial charge in [0.2, 0.25) is 10.0 Å². The predicted octanol–water partition coefficient (Wildman–Crippen LogP) is 3.92. The van der Waals surface area contributed by atoms with Crippen LogP contribution in [0.2, 0.25) is 0 Å². The number of alkyl halides is 3. The lowest BCUT2D eigenvalue weighted by atomic mass is 10.1. The number of hydrogen-bond acceptors (Lipinski definition) is 4. The van der Waals surface area contributed by atoms with Gasteiger partial charge in [0.1, 0.15) is 0 Å². The molecule has 0 spiro atoms. The summed E-state index contributed by atoms with van der Waals surface area (Å²) < 4.78 is 64.8. The van der Waals surface area contributed by atoms with Gasteiger partial charge >= 0.3 is 6.18 Å². The highest BCUT2D eigenvalue weighted by atomic mass is 32.2. The van der Waals surface area contributed by atoms with Gasteiger partial charge in [0.05, 0.1) is 16.2 Å². The van der Waals surface area contributed by atoms with Crippen molar-refractivity contribution in [2.45, 2.75) is 24.2 Å². The number of nitrogens with one attached hydrogen (secondary N) is 1. The maximum absolute atomic E-state index is 12.8. The summed E-state index contributed by atoms with van der Waals surface area (Å²) in [6, 6.07) is 8.90. The van der Waals surface area contributed by atoms with Crippen LogP contribution in [0.3, 0.4) is 0 Å². The summed E-state index contributed by atoms with van der Waals surface area (Å²) in [6.45, 7) is 3.83. The van der Waals surface area contributed by atoms with E-state index in [4.69, 9.17) is 5.21 Å². The van der Waals surface area contributed by atoms with Crippen LogP contribution in [0, 0.1) is 0 Å². The monoisotopic (exact) mass is 410 g/mol. The fraction of sp³-hybridized carbons (Fsp3) is 0.158. The van der Waals surface area contributed by atoms with E-state index >= 15 is 0 Å². The Morgan fingerprint density at radius 1 is 1.11 bits per heavy atom. The lowest BCUT2D eigenvalue weighted by Gasteiger charge is -2.16. The number of rotatable bonds is 5. The van der Waals surface area contributed by atoms with E-state index in [-0.39, 0.29) is 18.0 Å². The molecule has 0 fully saturated rings. The van der Waals surface area contributed by atoms with E-state index < -0.39 is 21.8 Å². The average molecular weight is 410 g/mol. The molecule has 0 aliphatic carbocycles. The van der Waals surface area contributed by atoms with E-state index in [1.807, 2.05) is 11.5 Å². The van der Waals surface area contributed by atoms with Crippen molar-refractivity contribution in [3.63, 3.8) is 0 Å². The molecule has 0 atom stereocenters. The molecule has 2 aromatic carbocycles. The number of benzene rings is 2. The molecule has 5 nitrogen and oxygen atoms in total. The molecule has 28 heavy (non-hydrogen) atoms. The summed E-state index contributed by atoms with van der Waals surface area (Å²) >= 11 is 0. The van der Waals surface area contributed by atoms with Crippen LogP contribution in [-0.2, 0) is 29.3 Å². The van der Waals surface area contributed by atoms with Gasteiger partial charge in [-0.15, -0.1) is 0 Å². The molecular formula is C19H17F3N2O3S. The zero-order chi connectivity index (χ0) is 20.5. The molecule has 9 heteroatoms. The Labute approximate surface area is 160 Å². The number of sulfonamides is 1. The number of hydrogen-bond donors (Lipinski definition) is 2. The molecule has 1 aliphatic rings. The molecule has 2 N–H and O–H groups in total. The van der Waals surface area contributed by atoms with Gasteiger partial charge in [0, 0.05) is 13.1 Å². The van der Waals surface area contributed by atoms with Crippen LogP contribution in [0.25, 0.3) is 6.08 Å². The molecule has 3 rings (SSSR count). The van der Waals surface area contributed by atoms with Gasteiger partial charge < -0.3 is 0 Å². The van der Waals surface area contributed by atoms with Crippen molar-refractivity contribution in [1.29, 1.82) is 0 Å². The Balaban J connectivity index is 1.81. The van der Waals surface area contributed by atoms with Gasteiger partial charge in [0.15, 0.2) is 0 Å². The molecule has 2 aromatic rings. The molecule has 0 amide bonds. The first-order chi connectivity index (χ1) is 13.1. The smallest absolute Gasteiger partial charge is 0.291 e. The highest BCUT2D eigenvalue weighted by molar-refractivity contribution is 7.89. The fourth-order valence-corrected chi connectivity index (χ4v) is 4.25. The van der Waals surface area contributed by atoms with E-state index in [1.54, 1.807) is 24.3 Å². The van der Waals surface area contributed by atoms with Crippen molar-refractivity contribution in [1.82, 2.24) is 9.79 Å². The second kappa shape index (κ2) is 7.42. The molecule has 0 saturated heterocycles. The molecule has 0 radical (unpaired) electrons. The van der Waals surface area contributed by atoms with Gasteiger partial charge in [-0.3, -0.25) is 10.7 Å². The van der Waals surface area contributed by atoms with Crippen LogP contribution in [0.1, 0.15) is 22.3 Å². The van der Waals surface area contributed by atoms with Crippen molar-refractivity contribution in [3.8, 4) is 0 Å². The second-order valence-corrected chi connectivity index (χ2v) is 8.23. The average Bonchev–Trinajstić information content (AvgIpc) is 3.09.